The molecule has 0 aromatic heterocycles. The average molecular weight is 290 g/mol. The third-order valence-corrected chi connectivity index (χ3v) is 4.26. The third-order valence-electron chi connectivity index (χ3n) is 4.26. The predicted octanol–water partition coefficient (Wildman–Crippen LogP) is 2.25. The zero-order valence-electron chi connectivity index (χ0n) is 12.3. The van der Waals surface area contributed by atoms with Crippen molar-refractivity contribution in [2.75, 3.05) is 11.9 Å². The quantitative estimate of drug-likeness (QED) is 0.777. The van der Waals surface area contributed by atoms with Gasteiger partial charge in [-0.2, -0.15) is 0 Å². The molecule has 114 valence electrons. The Kier molecular flexibility index (Phi) is 4.83. The average Bonchev–Trinajstić information content (AvgIpc) is 2.48. The van der Waals surface area contributed by atoms with Crippen molar-refractivity contribution in [2.24, 2.45) is 5.41 Å². The van der Waals surface area contributed by atoms with Gasteiger partial charge in [0.1, 0.15) is 0 Å². The summed E-state index contributed by atoms with van der Waals surface area (Å²) in [5.41, 5.74) is 0.0120. The second kappa shape index (κ2) is 6.61. The Bertz CT molecular complexity index is 504. The molecule has 21 heavy (non-hydrogen) atoms. The van der Waals surface area contributed by atoms with Crippen LogP contribution in [0.4, 0.5) is 5.69 Å². The van der Waals surface area contributed by atoms with E-state index in [9.17, 15) is 14.7 Å². The normalized spacial score (nSPS) is 25.1. The summed E-state index contributed by atoms with van der Waals surface area (Å²) < 4.78 is 0. The molecule has 0 bridgehead atoms. The molecule has 1 aliphatic carbocycles. The van der Waals surface area contributed by atoms with Gasteiger partial charge in [-0.25, -0.2) is 0 Å². The maximum atomic E-state index is 12.0. The van der Waals surface area contributed by atoms with Crippen LogP contribution in [0.15, 0.2) is 30.3 Å². The Hall–Kier alpha value is -2.04. The van der Waals surface area contributed by atoms with Gasteiger partial charge in [-0.05, 0) is 31.9 Å². The minimum Gasteiger partial charge on any atom is -0.481 e. The Morgan fingerprint density at radius 2 is 2.00 bits per heavy atom. The number of anilines is 1. The van der Waals surface area contributed by atoms with Crippen LogP contribution in [-0.4, -0.2) is 29.6 Å². The molecule has 0 radical (unpaired) electrons. The van der Waals surface area contributed by atoms with Crippen molar-refractivity contribution in [3.63, 3.8) is 0 Å². The third kappa shape index (κ3) is 3.74. The lowest BCUT2D eigenvalue weighted by atomic mass is 9.71. The molecule has 0 saturated heterocycles. The van der Waals surface area contributed by atoms with Crippen molar-refractivity contribution in [2.45, 2.75) is 38.6 Å². The van der Waals surface area contributed by atoms with Crippen molar-refractivity contribution >= 4 is 17.6 Å². The van der Waals surface area contributed by atoms with E-state index >= 15 is 0 Å². The van der Waals surface area contributed by atoms with Crippen LogP contribution in [0.1, 0.15) is 32.6 Å². The largest absolute Gasteiger partial charge is 0.481 e. The minimum atomic E-state index is -0.860. The van der Waals surface area contributed by atoms with Gasteiger partial charge in [0.2, 0.25) is 5.91 Å². The van der Waals surface area contributed by atoms with Crippen LogP contribution < -0.4 is 10.6 Å². The summed E-state index contributed by atoms with van der Waals surface area (Å²) in [4.78, 5) is 23.5. The zero-order valence-corrected chi connectivity index (χ0v) is 12.3. The number of amides is 1. The molecule has 1 fully saturated rings. The first-order valence-corrected chi connectivity index (χ1v) is 7.34. The summed E-state index contributed by atoms with van der Waals surface area (Å²) in [6, 6.07) is 9.16. The summed E-state index contributed by atoms with van der Waals surface area (Å²) >= 11 is 0. The van der Waals surface area contributed by atoms with Crippen molar-refractivity contribution in [1.82, 2.24) is 5.32 Å². The summed E-state index contributed by atoms with van der Waals surface area (Å²) in [7, 11) is 0. The lowest BCUT2D eigenvalue weighted by molar-refractivity contribution is -0.152. The number of carbonyl (C=O) groups excluding carboxylic acids is 1. The fourth-order valence-corrected chi connectivity index (χ4v) is 2.80. The van der Waals surface area contributed by atoms with Crippen LogP contribution in [0.5, 0.6) is 0 Å². The van der Waals surface area contributed by atoms with Crippen LogP contribution in [0, 0.1) is 5.41 Å². The highest BCUT2D eigenvalue weighted by Gasteiger charge is 2.43. The Balaban J connectivity index is 1.90. The highest BCUT2D eigenvalue weighted by atomic mass is 16.4. The number of aliphatic carboxylic acids is 1. The molecule has 1 aromatic carbocycles. The van der Waals surface area contributed by atoms with Crippen LogP contribution in [0.2, 0.25) is 0 Å². The smallest absolute Gasteiger partial charge is 0.311 e. The lowest BCUT2D eigenvalue weighted by Crippen LogP contribution is -2.53. The number of carboxylic acids is 1. The predicted molar refractivity (Wildman–Crippen MR) is 81.1 cm³/mol. The maximum Gasteiger partial charge on any atom is 0.311 e. The van der Waals surface area contributed by atoms with Gasteiger partial charge in [0.15, 0.2) is 0 Å². The first-order chi connectivity index (χ1) is 10.0. The van der Waals surface area contributed by atoms with Crippen LogP contribution in [-0.2, 0) is 9.59 Å². The summed E-state index contributed by atoms with van der Waals surface area (Å²) in [5.74, 6) is -0.998. The molecule has 2 rings (SSSR count). The number of rotatable bonds is 5. The SMILES string of the molecule is CC1(C(=O)O)CCCCC1NC(=O)CNc1ccccc1. The van der Waals surface area contributed by atoms with Gasteiger partial charge in [0, 0.05) is 11.7 Å². The van der Waals surface area contributed by atoms with Gasteiger partial charge in [-0.1, -0.05) is 31.0 Å². The lowest BCUT2D eigenvalue weighted by Gasteiger charge is -2.38. The highest BCUT2D eigenvalue weighted by molar-refractivity contribution is 5.83. The molecule has 1 amide bonds. The number of hydrogen-bond donors (Lipinski definition) is 3. The van der Waals surface area contributed by atoms with E-state index in [1.54, 1.807) is 6.92 Å². The number of benzene rings is 1. The Morgan fingerprint density at radius 1 is 1.29 bits per heavy atom. The molecule has 1 aliphatic rings. The molecule has 0 spiro atoms. The topological polar surface area (TPSA) is 78.4 Å². The number of para-hydroxylation sites is 1. The number of carbonyl (C=O) groups is 2. The standard InChI is InChI=1S/C16H22N2O3/c1-16(15(20)21)10-6-5-9-13(16)18-14(19)11-17-12-7-3-2-4-8-12/h2-4,7-8,13,17H,5-6,9-11H2,1H3,(H,18,19)(H,20,21). The molecule has 5 nitrogen and oxygen atoms in total. The van der Waals surface area contributed by atoms with Gasteiger partial charge < -0.3 is 15.7 Å². The fraction of sp³-hybridized carbons (Fsp3) is 0.500. The number of nitrogens with one attached hydrogen (secondary N) is 2. The number of carboxylic acid groups (broad SMARTS) is 1. The van der Waals surface area contributed by atoms with E-state index in [1.165, 1.54) is 0 Å². The van der Waals surface area contributed by atoms with E-state index in [2.05, 4.69) is 10.6 Å². The molecule has 5 heteroatoms. The minimum absolute atomic E-state index is 0.149. The molecular formula is C16H22N2O3. The van der Waals surface area contributed by atoms with Gasteiger partial charge >= 0.3 is 5.97 Å². The monoisotopic (exact) mass is 290 g/mol. The molecule has 1 aromatic rings. The fourth-order valence-electron chi connectivity index (χ4n) is 2.80. The molecule has 0 heterocycles. The summed E-state index contributed by atoms with van der Waals surface area (Å²) in [6.07, 6.45) is 3.19. The van der Waals surface area contributed by atoms with Crippen LogP contribution in [0.25, 0.3) is 0 Å². The van der Waals surface area contributed by atoms with E-state index in [4.69, 9.17) is 0 Å². The van der Waals surface area contributed by atoms with Gasteiger partial charge in [0.25, 0.3) is 0 Å². The molecule has 0 aliphatic heterocycles. The second-order valence-corrected chi connectivity index (χ2v) is 5.81. The maximum absolute atomic E-state index is 12.0. The molecule has 2 atom stereocenters. The Morgan fingerprint density at radius 3 is 2.67 bits per heavy atom. The van der Waals surface area contributed by atoms with Gasteiger partial charge in [-0.15, -0.1) is 0 Å². The van der Waals surface area contributed by atoms with E-state index in [0.29, 0.717) is 6.42 Å². The molecule has 2 unspecified atom stereocenters. The van der Waals surface area contributed by atoms with Gasteiger partial charge in [0.05, 0.1) is 12.0 Å². The number of hydrogen-bond acceptors (Lipinski definition) is 3. The molecule has 3 N–H and O–H groups in total. The second-order valence-electron chi connectivity index (χ2n) is 5.81. The van der Waals surface area contributed by atoms with Crippen molar-refractivity contribution < 1.29 is 14.7 Å². The first kappa shape index (κ1) is 15.4. The van der Waals surface area contributed by atoms with Crippen LogP contribution >= 0.6 is 0 Å². The highest BCUT2D eigenvalue weighted by Crippen LogP contribution is 2.36. The van der Waals surface area contributed by atoms with Crippen LogP contribution in [0.3, 0.4) is 0 Å². The van der Waals surface area contributed by atoms with Crippen molar-refractivity contribution in [3.05, 3.63) is 30.3 Å². The van der Waals surface area contributed by atoms with Crippen molar-refractivity contribution in [1.29, 1.82) is 0 Å². The Labute approximate surface area is 124 Å². The molecule has 1 saturated carbocycles. The molecular weight excluding hydrogens is 268 g/mol. The van der Waals surface area contributed by atoms with E-state index in [-0.39, 0.29) is 18.5 Å². The van der Waals surface area contributed by atoms with E-state index in [1.807, 2.05) is 30.3 Å². The van der Waals surface area contributed by atoms with Gasteiger partial charge in [-0.3, -0.25) is 9.59 Å². The van der Waals surface area contributed by atoms with E-state index in [0.717, 1.165) is 24.9 Å². The zero-order chi connectivity index (χ0) is 15.3. The van der Waals surface area contributed by atoms with E-state index < -0.39 is 11.4 Å². The first-order valence-electron chi connectivity index (χ1n) is 7.34. The summed E-state index contributed by atoms with van der Waals surface area (Å²) in [6.45, 7) is 1.88. The van der Waals surface area contributed by atoms with Crippen molar-refractivity contribution in [3.8, 4) is 0 Å². The summed E-state index contributed by atoms with van der Waals surface area (Å²) in [5, 5.41) is 15.3.